The summed E-state index contributed by atoms with van der Waals surface area (Å²) in [4.78, 5) is 27.5. The average molecular weight is 436 g/mol. The lowest BCUT2D eigenvalue weighted by molar-refractivity contribution is -0.379. The van der Waals surface area contributed by atoms with E-state index in [1.54, 1.807) is 24.3 Å². The molecule has 31 heavy (non-hydrogen) atoms. The third kappa shape index (κ3) is 4.94. The maximum absolute atomic E-state index is 13.4. The van der Waals surface area contributed by atoms with Gasteiger partial charge in [-0.25, -0.2) is 0 Å². The number of aliphatic carboxylic acids is 1. The molecule has 1 N–H and O–H groups in total. The topological polar surface area (TPSA) is 103 Å². The highest BCUT2D eigenvalue weighted by molar-refractivity contribution is 6.03. The number of carbonyl (C=O) groups is 2. The Morgan fingerprint density at radius 3 is 2.42 bits per heavy atom. The van der Waals surface area contributed by atoms with E-state index in [9.17, 15) is 27.9 Å². The number of nitrogens with zero attached hydrogens (tertiary/aromatic N) is 2. The largest absolute Gasteiger partial charge is 0.548 e. The van der Waals surface area contributed by atoms with Gasteiger partial charge in [0.15, 0.2) is 0 Å². The van der Waals surface area contributed by atoms with Crippen LogP contribution in [0.1, 0.15) is 22.3 Å². The van der Waals surface area contributed by atoms with E-state index in [1.807, 2.05) is 6.07 Å². The summed E-state index contributed by atoms with van der Waals surface area (Å²) in [6.45, 7) is -1.31. The number of hydrogen-bond acceptors (Lipinski definition) is 7. The van der Waals surface area contributed by atoms with Crippen molar-refractivity contribution in [2.45, 2.75) is 18.4 Å². The lowest BCUT2D eigenvalue weighted by Gasteiger charge is -2.28. The molecule has 0 saturated carbocycles. The van der Waals surface area contributed by atoms with Crippen LogP contribution in [0.25, 0.3) is 0 Å². The highest BCUT2D eigenvalue weighted by atomic mass is 19.4. The van der Waals surface area contributed by atoms with E-state index in [-0.39, 0.29) is 22.7 Å². The van der Waals surface area contributed by atoms with Crippen molar-refractivity contribution in [2.24, 2.45) is 5.16 Å². The number of benzene rings is 2. The zero-order valence-corrected chi connectivity index (χ0v) is 16.2. The molecule has 1 amide bonds. The third-order valence-electron chi connectivity index (χ3n) is 4.40. The zero-order chi connectivity index (χ0) is 22.6. The predicted octanol–water partition coefficient (Wildman–Crippen LogP) is 1.94. The number of halogens is 3. The van der Waals surface area contributed by atoms with E-state index in [4.69, 9.17) is 0 Å². The molecule has 0 fully saturated rings. The number of ether oxygens (including phenoxy) is 1. The summed E-state index contributed by atoms with van der Waals surface area (Å²) in [5.41, 5.74) is 4.05. The first-order valence-corrected chi connectivity index (χ1v) is 8.97. The van der Waals surface area contributed by atoms with Gasteiger partial charge >= 0.3 is 12.0 Å². The lowest BCUT2D eigenvalue weighted by Crippen LogP contribution is -2.50. The van der Waals surface area contributed by atoms with Gasteiger partial charge in [-0.2, -0.15) is 13.2 Å². The van der Waals surface area contributed by atoms with Crippen molar-refractivity contribution in [3.05, 3.63) is 65.7 Å². The monoisotopic (exact) mass is 436 g/mol. The summed E-state index contributed by atoms with van der Waals surface area (Å²) in [6.07, 6.45) is -5.89. The van der Waals surface area contributed by atoms with Crippen molar-refractivity contribution in [3.63, 3.8) is 0 Å². The first kappa shape index (κ1) is 22.1. The Morgan fingerprint density at radius 2 is 1.84 bits per heavy atom. The Morgan fingerprint density at radius 1 is 1.19 bits per heavy atom. The second-order valence-electron chi connectivity index (χ2n) is 6.64. The molecule has 1 aliphatic rings. The number of nitrogens with one attached hydrogen (secondary N) is 1. The van der Waals surface area contributed by atoms with Crippen molar-refractivity contribution in [2.75, 3.05) is 19.1 Å². The molecule has 0 bridgehead atoms. The van der Waals surface area contributed by atoms with Crippen LogP contribution in [0.4, 0.5) is 18.9 Å². The van der Waals surface area contributed by atoms with Crippen molar-refractivity contribution < 1.29 is 37.4 Å². The van der Waals surface area contributed by atoms with Crippen LogP contribution < -0.4 is 10.5 Å². The first-order valence-electron chi connectivity index (χ1n) is 8.97. The van der Waals surface area contributed by atoms with Gasteiger partial charge in [0.25, 0.3) is 5.91 Å². The molecule has 0 aromatic heterocycles. The molecule has 0 radical (unpaired) electrons. The van der Waals surface area contributed by atoms with Crippen molar-refractivity contribution >= 4 is 23.3 Å². The molecule has 1 heterocycles. The number of carboxylic acid groups (broad SMARTS) is 1. The minimum atomic E-state index is -5.03. The number of carboxylic acids is 1. The molecule has 2 aromatic rings. The van der Waals surface area contributed by atoms with Crippen LogP contribution in [-0.4, -0.2) is 48.2 Å². The molecule has 11 heteroatoms. The summed E-state index contributed by atoms with van der Waals surface area (Å²) in [5.74, 6) is -5.41. The Labute approximate surface area is 174 Å². The highest BCUT2D eigenvalue weighted by Crippen LogP contribution is 2.42. The van der Waals surface area contributed by atoms with Gasteiger partial charge in [0.1, 0.15) is 0 Å². The second-order valence-corrected chi connectivity index (χ2v) is 6.64. The van der Waals surface area contributed by atoms with Gasteiger partial charge in [-0.1, -0.05) is 35.5 Å². The van der Waals surface area contributed by atoms with Gasteiger partial charge in [0.05, 0.1) is 30.4 Å². The number of alkyl halides is 3. The van der Waals surface area contributed by atoms with Gasteiger partial charge < -0.3 is 19.5 Å². The van der Waals surface area contributed by atoms with E-state index < -0.39 is 31.0 Å². The Bertz CT molecular complexity index is 980. The Balaban J connectivity index is 1.70. The van der Waals surface area contributed by atoms with E-state index in [2.05, 4.69) is 20.2 Å². The molecule has 0 spiro atoms. The number of rotatable bonds is 7. The fraction of sp³-hybridized carbons (Fsp3) is 0.250. The lowest BCUT2D eigenvalue weighted by atomic mass is 10.0. The minimum absolute atomic E-state index is 0.106. The molecular weight excluding hydrogens is 419 g/mol. The molecule has 2 aromatic carbocycles. The van der Waals surface area contributed by atoms with E-state index in [0.717, 1.165) is 0 Å². The second kappa shape index (κ2) is 8.64. The fourth-order valence-corrected chi connectivity index (χ4v) is 2.81. The summed E-state index contributed by atoms with van der Waals surface area (Å²) < 4.78 is 44.6. The SMILES string of the molecule is CN(Nc1ccccc1)C(=O)c1ccc(C2=NOC(OCC(=O)[O-])(C(F)(F)F)C2)cc1. The molecule has 0 aliphatic carbocycles. The number of hydrogen-bond donors (Lipinski definition) is 1. The number of hydrazine groups is 1. The van der Waals surface area contributed by atoms with Crippen LogP contribution in [0.5, 0.6) is 0 Å². The van der Waals surface area contributed by atoms with Gasteiger partial charge in [-0.15, -0.1) is 0 Å². The number of para-hydroxylation sites is 1. The maximum Gasteiger partial charge on any atom is 0.458 e. The normalized spacial score (nSPS) is 18.1. The number of oxime groups is 1. The molecule has 1 aliphatic heterocycles. The molecule has 0 saturated heterocycles. The van der Waals surface area contributed by atoms with Crippen LogP contribution in [-0.2, 0) is 14.4 Å². The van der Waals surface area contributed by atoms with Crippen molar-refractivity contribution in [1.29, 1.82) is 0 Å². The number of carbonyl (C=O) groups excluding carboxylic acids is 2. The zero-order valence-electron chi connectivity index (χ0n) is 16.2. The molecule has 8 nitrogen and oxygen atoms in total. The third-order valence-corrected chi connectivity index (χ3v) is 4.40. The summed E-state index contributed by atoms with van der Waals surface area (Å²) in [7, 11) is 1.53. The quantitative estimate of drug-likeness (QED) is 0.666. The first-order chi connectivity index (χ1) is 14.6. The van der Waals surface area contributed by atoms with Crippen molar-refractivity contribution in [3.8, 4) is 0 Å². The smallest absolute Gasteiger partial charge is 0.458 e. The van der Waals surface area contributed by atoms with Gasteiger partial charge in [0.2, 0.25) is 0 Å². The van der Waals surface area contributed by atoms with Gasteiger partial charge in [-0.05, 0) is 29.8 Å². The average Bonchev–Trinajstić information content (AvgIpc) is 3.18. The molecule has 3 rings (SSSR count). The van der Waals surface area contributed by atoms with Crippen LogP contribution in [0.3, 0.4) is 0 Å². The van der Waals surface area contributed by atoms with Crippen LogP contribution in [0.2, 0.25) is 0 Å². The van der Waals surface area contributed by atoms with E-state index >= 15 is 0 Å². The number of amides is 1. The van der Waals surface area contributed by atoms with E-state index in [1.165, 1.54) is 36.3 Å². The van der Waals surface area contributed by atoms with Crippen LogP contribution in [0, 0.1) is 0 Å². The summed E-state index contributed by atoms with van der Waals surface area (Å²) in [6, 6.07) is 14.7. The molecule has 1 unspecified atom stereocenters. The van der Waals surface area contributed by atoms with E-state index in [0.29, 0.717) is 5.69 Å². The predicted molar refractivity (Wildman–Crippen MR) is 101 cm³/mol. The standard InChI is InChI=1S/C20H18F3N3O5/c1-26(24-15-5-3-2-4-6-15)18(29)14-9-7-13(8-10-14)16-11-19(31-25-16,20(21,22)23)30-12-17(27)28/h2-10,24H,11-12H2,1H3,(H,27,28)/p-1. The number of anilines is 1. The van der Waals surface area contributed by atoms with Crippen LogP contribution in [0.15, 0.2) is 59.8 Å². The highest BCUT2D eigenvalue weighted by Gasteiger charge is 2.63. The fourth-order valence-electron chi connectivity index (χ4n) is 2.81. The molecular formula is C20H17F3N3O5-. The molecule has 164 valence electrons. The van der Waals surface area contributed by atoms with Gasteiger partial charge in [-0.3, -0.25) is 15.2 Å². The minimum Gasteiger partial charge on any atom is -0.548 e. The molecule has 1 atom stereocenters. The Hall–Kier alpha value is -3.60. The van der Waals surface area contributed by atoms with Crippen LogP contribution >= 0.6 is 0 Å². The summed E-state index contributed by atoms with van der Waals surface area (Å²) >= 11 is 0. The van der Waals surface area contributed by atoms with Gasteiger partial charge in [0, 0.05) is 12.6 Å². The summed E-state index contributed by atoms with van der Waals surface area (Å²) in [5, 5.41) is 15.2. The Kier molecular flexibility index (Phi) is 6.16. The maximum atomic E-state index is 13.4. The van der Waals surface area contributed by atoms with Crippen molar-refractivity contribution in [1.82, 2.24) is 5.01 Å².